The van der Waals surface area contributed by atoms with E-state index in [0.717, 1.165) is 6.07 Å². The number of hydrogen-bond donors (Lipinski definition) is 8. The summed E-state index contributed by atoms with van der Waals surface area (Å²) < 4.78 is 5.73. The summed E-state index contributed by atoms with van der Waals surface area (Å²) in [7, 11) is 1.28. The number of ketones is 1. The molecule has 0 amide bonds. The number of anilines is 1. The molecule has 50 heavy (non-hydrogen) atoms. The number of phenols is 1. The normalized spacial score (nSPS) is 15.5. The third kappa shape index (κ3) is 4.95. The third-order valence-corrected chi connectivity index (χ3v) is 10.6. The summed E-state index contributed by atoms with van der Waals surface area (Å²) in [5.74, 6) is -6.09. The van der Waals surface area contributed by atoms with Crippen LogP contribution in [0.3, 0.4) is 0 Å². The van der Waals surface area contributed by atoms with Gasteiger partial charge in [0.2, 0.25) is 0 Å². The number of ether oxygens (including phenoxy) is 1. The smallest absolute Gasteiger partial charge is 0.326 e. The number of carbonyl (C=O) groups excluding carboxylic acids is 1. The zero-order valence-electron chi connectivity index (χ0n) is 27.1. The molecule has 5 aromatic rings. The van der Waals surface area contributed by atoms with Crippen LogP contribution in [0.15, 0.2) is 27.3 Å². The predicted molar refractivity (Wildman–Crippen MR) is 196 cm³/mol. The first-order chi connectivity index (χ1) is 23.8. The third-order valence-electron chi connectivity index (χ3n) is 9.74. The number of hydrogen-bond acceptors (Lipinski definition) is 12. The fourth-order valence-electron chi connectivity index (χ4n) is 7.72. The summed E-state index contributed by atoms with van der Waals surface area (Å²) in [6.07, 6.45) is 1.42. The number of carboxylic acid groups (broad SMARTS) is 2. The molecule has 0 bridgehead atoms. The molecule has 0 heterocycles. The van der Waals surface area contributed by atoms with Crippen LogP contribution in [-0.2, 0) is 34.0 Å². The summed E-state index contributed by atoms with van der Waals surface area (Å²) >= 11 is 8.49. The number of aliphatic hydroxyl groups excluding tert-OH is 2. The monoisotopic (exact) mass is 719 g/mol. The average molecular weight is 720 g/mol. The minimum absolute atomic E-state index is 0.0206. The molecule has 5 aromatic carbocycles. The summed E-state index contributed by atoms with van der Waals surface area (Å²) in [5.41, 5.74) is 0.157. The number of allylic oxidation sites excluding steroid dienone is 1. The molecule has 260 valence electrons. The highest BCUT2D eigenvalue weighted by molar-refractivity contribution is 7.80. The minimum atomic E-state index is -1.35. The van der Waals surface area contributed by atoms with Gasteiger partial charge in [0.25, 0.3) is 0 Å². The Kier molecular flexibility index (Phi) is 9.10. The first-order valence-corrected chi connectivity index (χ1v) is 16.8. The molecule has 1 aliphatic rings. The van der Waals surface area contributed by atoms with Gasteiger partial charge in [-0.25, -0.2) is 4.79 Å². The van der Waals surface area contributed by atoms with Gasteiger partial charge in [-0.3, -0.25) is 19.2 Å². The van der Waals surface area contributed by atoms with E-state index in [0.29, 0.717) is 16.5 Å². The molecule has 0 spiro atoms. The van der Waals surface area contributed by atoms with Gasteiger partial charge in [0.1, 0.15) is 11.8 Å². The number of rotatable bonds is 12. The Balaban J connectivity index is 2.11. The summed E-state index contributed by atoms with van der Waals surface area (Å²) in [6.45, 7) is 1.70. The standard InChI is InChI=1S/C36H33NO11S2/c1-12-4-17-18(5-16(10-49)35(44)45)32(37-19(11-50)36(46)47)26-20(41)6-14(8-38)23-24-15(9-39)7-21(42)27-29(24)30(25(17)28(23)26)31(22(12)13(2)40)34(48-3)33(27)43/h4,6-7,16,19,22,37-39,43,49-50H,5,8-11H2,1-3H3,(H,44,45)(H,46,47). The SMILES string of the molecule is COc1c(O)c2c(=O)cc(CO)c3c4c(CO)cc(=O)c5c(NC(CS)C(=O)O)c(CC(CS)C(=O)O)c6c(c(c1C(C(C)=O)C(C)=C6)c23)c54. The van der Waals surface area contributed by atoms with Crippen LogP contribution in [0, 0.1) is 5.92 Å². The van der Waals surface area contributed by atoms with Crippen LogP contribution in [-0.4, -0.2) is 67.9 Å². The van der Waals surface area contributed by atoms with E-state index in [1.807, 2.05) is 0 Å². The van der Waals surface area contributed by atoms with Gasteiger partial charge in [0.15, 0.2) is 22.4 Å². The fourth-order valence-corrected chi connectivity index (χ4v) is 8.25. The van der Waals surface area contributed by atoms with E-state index < -0.39 is 59.6 Å². The first kappa shape index (κ1) is 35.2. The van der Waals surface area contributed by atoms with E-state index in [-0.39, 0.29) is 95.1 Å². The van der Waals surface area contributed by atoms with Crippen molar-refractivity contribution in [3.05, 3.63) is 66.0 Å². The zero-order valence-corrected chi connectivity index (χ0v) is 28.9. The van der Waals surface area contributed by atoms with Gasteiger partial charge in [0, 0.05) is 27.8 Å². The van der Waals surface area contributed by atoms with E-state index in [9.17, 15) is 49.5 Å². The number of carbonyl (C=O) groups is 3. The number of carboxylic acids is 2. The van der Waals surface area contributed by atoms with Gasteiger partial charge in [-0.1, -0.05) is 11.6 Å². The quantitative estimate of drug-likeness (QED) is 0.0528. The number of methoxy groups -OCH3 is 1. The van der Waals surface area contributed by atoms with E-state index in [1.165, 1.54) is 20.1 Å². The second-order valence-corrected chi connectivity index (χ2v) is 13.2. The number of benzene rings is 5. The van der Waals surface area contributed by atoms with Crippen LogP contribution in [0.5, 0.6) is 11.5 Å². The number of nitrogens with one attached hydrogen (secondary N) is 1. The lowest BCUT2D eigenvalue weighted by atomic mass is 9.78. The lowest BCUT2D eigenvalue weighted by Crippen LogP contribution is -2.32. The molecule has 0 radical (unpaired) electrons. The van der Waals surface area contributed by atoms with E-state index in [1.54, 1.807) is 13.0 Å². The van der Waals surface area contributed by atoms with E-state index in [2.05, 4.69) is 30.6 Å². The van der Waals surface area contributed by atoms with Crippen LogP contribution < -0.4 is 20.9 Å². The molecule has 0 aromatic heterocycles. The number of aliphatic carboxylic acids is 2. The predicted octanol–water partition coefficient (Wildman–Crippen LogP) is 3.65. The van der Waals surface area contributed by atoms with Crippen LogP contribution in [0.1, 0.15) is 47.6 Å². The minimum Gasteiger partial charge on any atom is -0.504 e. The van der Waals surface area contributed by atoms with Crippen molar-refractivity contribution in [2.75, 3.05) is 23.9 Å². The fraction of sp³-hybridized carbons (Fsp3) is 0.306. The molecule has 3 atom stereocenters. The van der Waals surface area contributed by atoms with Gasteiger partial charge in [0.05, 0.1) is 48.6 Å². The van der Waals surface area contributed by atoms with Crippen molar-refractivity contribution in [2.45, 2.75) is 45.4 Å². The first-order valence-electron chi connectivity index (χ1n) is 15.6. The van der Waals surface area contributed by atoms with Gasteiger partial charge < -0.3 is 35.6 Å². The number of thiol groups is 2. The molecule has 6 N–H and O–H groups in total. The van der Waals surface area contributed by atoms with Crippen molar-refractivity contribution in [3.8, 4) is 11.5 Å². The van der Waals surface area contributed by atoms with Crippen molar-refractivity contribution in [3.63, 3.8) is 0 Å². The van der Waals surface area contributed by atoms with Crippen LogP contribution >= 0.6 is 25.3 Å². The Morgan fingerprint density at radius 1 is 0.860 bits per heavy atom. The Morgan fingerprint density at radius 3 is 1.92 bits per heavy atom. The Hall–Kier alpha value is -4.63. The Bertz CT molecular complexity index is 2440. The maximum absolute atomic E-state index is 14.3. The van der Waals surface area contributed by atoms with Gasteiger partial charge in [-0.15, -0.1) is 0 Å². The van der Waals surface area contributed by atoms with Gasteiger partial charge in [-0.05, 0) is 76.2 Å². The van der Waals surface area contributed by atoms with Crippen LogP contribution in [0.25, 0.3) is 49.2 Å². The number of fused-ring (bicyclic) bond motifs is 1. The Morgan fingerprint density at radius 2 is 1.44 bits per heavy atom. The van der Waals surface area contributed by atoms with E-state index >= 15 is 0 Å². The molecule has 6 rings (SSSR count). The highest BCUT2D eigenvalue weighted by atomic mass is 32.1. The highest BCUT2D eigenvalue weighted by Gasteiger charge is 2.37. The molecule has 0 aliphatic heterocycles. The molecular weight excluding hydrogens is 687 g/mol. The van der Waals surface area contributed by atoms with Gasteiger partial charge >= 0.3 is 11.9 Å². The summed E-state index contributed by atoms with van der Waals surface area (Å²) in [5, 5.41) is 57.4. The molecule has 0 fully saturated rings. The maximum atomic E-state index is 14.3. The van der Waals surface area contributed by atoms with Crippen LogP contribution in [0.2, 0.25) is 0 Å². The summed E-state index contributed by atoms with van der Waals surface area (Å²) in [4.78, 5) is 66.5. The topological polar surface area (TPSA) is 208 Å². The van der Waals surface area contributed by atoms with Crippen LogP contribution in [0.4, 0.5) is 5.69 Å². The highest BCUT2D eigenvalue weighted by Crippen LogP contribution is 2.56. The Labute approximate surface area is 294 Å². The van der Waals surface area contributed by atoms with Crippen molar-refractivity contribution in [1.82, 2.24) is 0 Å². The molecule has 1 aliphatic carbocycles. The van der Waals surface area contributed by atoms with E-state index in [4.69, 9.17) is 4.74 Å². The molecule has 12 nitrogen and oxygen atoms in total. The average Bonchev–Trinajstić information content (AvgIpc) is 3.20. The van der Waals surface area contributed by atoms with Crippen molar-refractivity contribution < 1.29 is 44.7 Å². The maximum Gasteiger partial charge on any atom is 0.326 e. The number of Topliss-reactive ketones (excluding diaryl/α,β-unsaturated/α-hetero) is 1. The molecule has 14 heteroatoms. The largest absolute Gasteiger partial charge is 0.504 e. The molecule has 3 unspecified atom stereocenters. The molecular formula is C36H33NO11S2. The molecule has 0 saturated carbocycles. The second-order valence-electron chi connectivity index (χ2n) is 12.5. The lowest BCUT2D eigenvalue weighted by Gasteiger charge is -2.27. The number of phenolic OH excluding ortho intramolecular Hbond substituents is 1. The number of aliphatic hydroxyl groups is 2. The second kappa shape index (κ2) is 12.9. The van der Waals surface area contributed by atoms with Crippen molar-refractivity contribution in [2.24, 2.45) is 5.92 Å². The lowest BCUT2D eigenvalue weighted by molar-refractivity contribution is -0.141. The van der Waals surface area contributed by atoms with Crippen molar-refractivity contribution >= 4 is 97.8 Å². The van der Waals surface area contributed by atoms with Gasteiger partial charge in [-0.2, -0.15) is 25.3 Å². The summed E-state index contributed by atoms with van der Waals surface area (Å²) in [6, 6.07) is 0.974. The number of aromatic hydroxyl groups is 1. The van der Waals surface area contributed by atoms with Crippen molar-refractivity contribution in [1.29, 1.82) is 0 Å². The zero-order chi connectivity index (χ0) is 36.5. The molecule has 0 saturated heterocycles.